The van der Waals surface area contributed by atoms with E-state index in [0.717, 1.165) is 0 Å². The Morgan fingerprint density at radius 3 is 1.59 bits per heavy atom. The summed E-state index contributed by atoms with van der Waals surface area (Å²) in [6.45, 7) is 24.5. The van der Waals surface area contributed by atoms with Crippen molar-refractivity contribution in [1.29, 1.82) is 0 Å². The van der Waals surface area contributed by atoms with Crippen LogP contribution in [0.1, 0.15) is 59.6 Å². The number of allylic oxidation sites excluding steroid dienone is 4. The summed E-state index contributed by atoms with van der Waals surface area (Å²) < 4.78 is 1.87. The van der Waals surface area contributed by atoms with Crippen LogP contribution >= 0.6 is 0 Å². The summed E-state index contributed by atoms with van der Waals surface area (Å²) >= 11 is -3.07. The third kappa shape index (κ3) is 3.22. The van der Waals surface area contributed by atoms with Gasteiger partial charge in [-0.3, -0.25) is 0 Å². The van der Waals surface area contributed by atoms with Crippen LogP contribution in [0.4, 0.5) is 0 Å². The van der Waals surface area contributed by atoms with Crippen LogP contribution in [0.15, 0.2) is 38.8 Å². The quantitative estimate of drug-likeness (QED) is 0.436. The molecule has 1 aliphatic rings. The van der Waals surface area contributed by atoms with Crippen LogP contribution in [0.2, 0.25) is 27.3 Å². The molecule has 0 N–H and O–H groups in total. The predicted octanol–water partition coefficient (Wildman–Crippen LogP) is 7.98. The molecule has 0 amide bonds. The second kappa shape index (κ2) is 6.58. The van der Waals surface area contributed by atoms with E-state index >= 15 is 0 Å². The molecule has 2 heteroatoms. The van der Waals surface area contributed by atoms with Crippen LogP contribution in [0.5, 0.6) is 0 Å². The molecular formula is C25H43SiTi. The van der Waals surface area contributed by atoms with Gasteiger partial charge >= 0.3 is 171 Å². The molecule has 0 nitrogen and oxygen atoms in total. The molecule has 151 valence electrons. The summed E-state index contributed by atoms with van der Waals surface area (Å²) in [5.41, 5.74) is 7.63. The van der Waals surface area contributed by atoms with Crippen molar-refractivity contribution in [2.45, 2.75) is 89.6 Å². The molecule has 1 aromatic carbocycles. The molecule has 0 bridgehead atoms. The van der Waals surface area contributed by atoms with E-state index in [1.54, 1.807) is 21.9 Å². The fourth-order valence-corrected chi connectivity index (χ4v) is 39.6. The van der Waals surface area contributed by atoms with Crippen LogP contribution in [0, 0.1) is 19.8 Å². The average Bonchev–Trinajstić information content (AvgIpc) is 2.67. The zero-order chi connectivity index (χ0) is 21.2. The van der Waals surface area contributed by atoms with Crippen LogP contribution < -0.4 is 5.19 Å². The van der Waals surface area contributed by atoms with Crippen molar-refractivity contribution in [2.24, 2.45) is 5.92 Å². The molecule has 0 spiro atoms. The Morgan fingerprint density at radius 2 is 1.26 bits per heavy atom. The maximum atomic E-state index is 2.76. The SMILES string of the molecule is CC1=C(C)C(C)[C]([Ti]([CH3])([CH3])([CH3])[Si](C)(c2cc(C)cc(C)c2)C(C)(C)C)=C1C. The van der Waals surface area contributed by atoms with Gasteiger partial charge in [0, 0.05) is 0 Å². The first kappa shape index (κ1) is 22.9. The van der Waals surface area contributed by atoms with Crippen LogP contribution in [0.25, 0.3) is 0 Å². The van der Waals surface area contributed by atoms with Gasteiger partial charge in [-0.15, -0.1) is 0 Å². The van der Waals surface area contributed by atoms with Gasteiger partial charge in [0.25, 0.3) is 0 Å². The molecule has 0 saturated heterocycles. The Morgan fingerprint density at radius 1 is 0.815 bits per heavy atom. The fourth-order valence-electron chi connectivity index (χ4n) is 6.56. The molecule has 1 aliphatic carbocycles. The minimum atomic E-state index is -3.07. The second-order valence-corrected chi connectivity index (χ2v) is 38.8. The summed E-state index contributed by atoms with van der Waals surface area (Å²) in [6.07, 6.45) is 0. The number of aryl methyl sites for hydroxylation is 2. The third-order valence-corrected chi connectivity index (χ3v) is 43.2. The van der Waals surface area contributed by atoms with E-state index in [2.05, 4.69) is 103 Å². The molecule has 2 atom stereocenters. The first-order chi connectivity index (χ1) is 11.9. The van der Waals surface area contributed by atoms with E-state index in [1.165, 1.54) is 11.1 Å². The van der Waals surface area contributed by atoms with Gasteiger partial charge in [0.15, 0.2) is 0 Å². The molecule has 0 radical (unpaired) electrons. The van der Waals surface area contributed by atoms with Crippen molar-refractivity contribution in [3.63, 3.8) is 0 Å². The normalized spacial score (nSPS) is 22.7. The first-order valence-corrected chi connectivity index (χ1v) is 20.9. The molecule has 0 aromatic heterocycles. The Hall–Kier alpha value is -0.369. The van der Waals surface area contributed by atoms with E-state index in [0.29, 0.717) is 11.0 Å². The van der Waals surface area contributed by atoms with Gasteiger partial charge in [-0.25, -0.2) is 0 Å². The number of hydrogen-bond donors (Lipinski definition) is 0. The Balaban J connectivity index is 2.92. The fraction of sp³-hybridized carbons (Fsp3) is 0.600. The molecule has 27 heavy (non-hydrogen) atoms. The van der Waals surface area contributed by atoms with Gasteiger partial charge in [0.1, 0.15) is 0 Å². The molecule has 0 heterocycles. The Kier molecular flexibility index (Phi) is 5.58. The number of rotatable bonds is 3. The standard InChI is InChI=1S/C13H21Si.C9H13.3CH3.Ti/c1-10-7-11(2)9-12(8-10)14(6)13(3,4)5;1-6-5-7(2)9(4)8(6)3;;;;/h7-9H,1-6H3;6H,1-4H3;3*1H3;. The van der Waals surface area contributed by atoms with E-state index in [9.17, 15) is 0 Å². The molecular weight excluding hydrogens is 376 g/mol. The van der Waals surface area contributed by atoms with Gasteiger partial charge in [0.2, 0.25) is 0 Å². The van der Waals surface area contributed by atoms with Crippen molar-refractivity contribution in [1.82, 2.24) is 0 Å². The molecule has 0 fully saturated rings. The van der Waals surface area contributed by atoms with E-state index in [-0.39, 0.29) is 0 Å². The third-order valence-electron chi connectivity index (χ3n) is 8.63. The van der Waals surface area contributed by atoms with E-state index < -0.39 is 20.5 Å². The van der Waals surface area contributed by atoms with E-state index in [1.807, 2.05) is 3.88 Å². The van der Waals surface area contributed by atoms with Gasteiger partial charge in [-0.05, 0) is 0 Å². The molecule has 1 aromatic rings. The van der Waals surface area contributed by atoms with Crippen LogP contribution in [0.3, 0.4) is 0 Å². The molecule has 2 rings (SSSR count). The van der Waals surface area contributed by atoms with E-state index in [4.69, 9.17) is 0 Å². The summed E-state index contributed by atoms with van der Waals surface area (Å²) in [4.78, 5) is 0. The van der Waals surface area contributed by atoms with Gasteiger partial charge in [0.05, 0.1) is 0 Å². The summed E-state index contributed by atoms with van der Waals surface area (Å²) in [6, 6.07) is 7.40. The zero-order valence-electron chi connectivity index (χ0n) is 20.3. The van der Waals surface area contributed by atoms with Crippen molar-refractivity contribution >= 4 is 11.1 Å². The monoisotopic (exact) mass is 419 g/mol. The van der Waals surface area contributed by atoms with Crippen molar-refractivity contribution in [3.05, 3.63) is 49.9 Å². The minimum absolute atomic E-state index is 0.320. The van der Waals surface area contributed by atoms with Crippen molar-refractivity contribution in [2.75, 3.05) is 0 Å². The van der Waals surface area contributed by atoms with Crippen molar-refractivity contribution in [3.8, 4) is 0 Å². The van der Waals surface area contributed by atoms with Crippen LogP contribution in [-0.2, 0) is 14.6 Å². The maximum absolute atomic E-state index is 3.07. The second-order valence-electron chi connectivity index (χ2n) is 11.9. The number of hydrogen-bond acceptors (Lipinski definition) is 0. The Labute approximate surface area is 170 Å². The zero-order valence-corrected chi connectivity index (χ0v) is 22.9. The number of benzene rings is 1. The topological polar surface area (TPSA) is 0 Å². The van der Waals surface area contributed by atoms with Crippen molar-refractivity contribution < 1.29 is 14.6 Å². The van der Waals surface area contributed by atoms with Gasteiger partial charge < -0.3 is 0 Å². The summed E-state index contributed by atoms with van der Waals surface area (Å²) in [5, 5.41) is 10.3. The summed E-state index contributed by atoms with van der Waals surface area (Å²) in [7, 11) is 0. The average molecular weight is 420 g/mol. The first-order valence-electron chi connectivity index (χ1n) is 10.6. The van der Waals surface area contributed by atoms with Gasteiger partial charge in [-0.2, -0.15) is 0 Å². The van der Waals surface area contributed by atoms with Crippen LogP contribution in [-0.4, -0.2) is 5.94 Å². The molecule has 0 saturated carbocycles. The molecule has 2 unspecified atom stereocenters. The Bertz CT molecular complexity index is 819. The van der Waals surface area contributed by atoms with Gasteiger partial charge in [-0.1, -0.05) is 0 Å². The summed E-state index contributed by atoms with van der Waals surface area (Å²) in [5.74, 6) is -1.23. The predicted molar refractivity (Wildman–Crippen MR) is 125 cm³/mol. The molecule has 0 aliphatic heterocycles.